The molecular formula is C41H29NO. The van der Waals surface area contributed by atoms with Crippen LogP contribution in [0.15, 0.2) is 144 Å². The van der Waals surface area contributed by atoms with Crippen molar-refractivity contribution < 1.29 is 4.42 Å². The summed E-state index contributed by atoms with van der Waals surface area (Å²) in [5.41, 5.74) is 10.4. The molecule has 1 aliphatic rings. The molecule has 0 spiro atoms. The predicted molar refractivity (Wildman–Crippen MR) is 181 cm³/mol. The molecule has 0 fully saturated rings. The van der Waals surface area contributed by atoms with Gasteiger partial charge in [0, 0.05) is 27.6 Å². The summed E-state index contributed by atoms with van der Waals surface area (Å²) in [6.45, 7) is 4.75. The van der Waals surface area contributed by atoms with Gasteiger partial charge in [0.05, 0.1) is 5.69 Å². The first kappa shape index (κ1) is 24.3. The monoisotopic (exact) mass is 551 g/mol. The number of rotatable bonds is 3. The summed E-state index contributed by atoms with van der Waals surface area (Å²) in [6.07, 6.45) is 0. The first-order valence-electron chi connectivity index (χ1n) is 14.9. The van der Waals surface area contributed by atoms with Crippen molar-refractivity contribution in [2.75, 3.05) is 4.90 Å². The van der Waals surface area contributed by atoms with E-state index in [1.165, 1.54) is 43.8 Å². The Kier molecular flexibility index (Phi) is 4.99. The number of hydrogen-bond acceptors (Lipinski definition) is 2. The van der Waals surface area contributed by atoms with Crippen molar-refractivity contribution in [1.82, 2.24) is 0 Å². The number of anilines is 3. The Labute approximate surface area is 250 Å². The van der Waals surface area contributed by atoms with Crippen LogP contribution in [0.2, 0.25) is 0 Å². The number of nitrogens with zero attached hydrogens (tertiary/aromatic N) is 1. The minimum Gasteiger partial charge on any atom is -0.454 e. The van der Waals surface area contributed by atoms with E-state index in [1.54, 1.807) is 0 Å². The molecule has 0 atom stereocenters. The second-order valence-electron chi connectivity index (χ2n) is 12.2. The van der Waals surface area contributed by atoms with Crippen LogP contribution in [0.3, 0.4) is 0 Å². The van der Waals surface area contributed by atoms with E-state index in [2.05, 4.69) is 146 Å². The Morgan fingerprint density at radius 3 is 2.14 bits per heavy atom. The molecule has 43 heavy (non-hydrogen) atoms. The predicted octanol–water partition coefficient (Wildman–Crippen LogP) is 11.7. The van der Waals surface area contributed by atoms with E-state index in [0.717, 1.165) is 39.0 Å². The van der Waals surface area contributed by atoms with E-state index >= 15 is 0 Å². The number of hydrogen-bond donors (Lipinski definition) is 0. The van der Waals surface area contributed by atoms with Crippen molar-refractivity contribution in [3.05, 3.63) is 151 Å². The molecule has 0 unspecified atom stereocenters. The van der Waals surface area contributed by atoms with Crippen LogP contribution in [0.1, 0.15) is 25.0 Å². The molecule has 0 saturated carbocycles. The van der Waals surface area contributed by atoms with Gasteiger partial charge in [0.1, 0.15) is 5.58 Å². The van der Waals surface area contributed by atoms with Gasteiger partial charge in [-0.25, -0.2) is 0 Å². The Bertz CT molecular complexity index is 2380. The summed E-state index contributed by atoms with van der Waals surface area (Å²) in [6, 6.07) is 50.4. The minimum atomic E-state index is -0.102. The number of para-hydroxylation sites is 3. The summed E-state index contributed by atoms with van der Waals surface area (Å²) in [5.74, 6) is 0. The van der Waals surface area contributed by atoms with Crippen molar-refractivity contribution in [3.8, 4) is 11.1 Å². The molecule has 0 amide bonds. The van der Waals surface area contributed by atoms with Crippen molar-refractivity contribution >= 4 is 60.5 Å². The second kappa shape index (κ2) is 8.83. The summed E-state index contributed by atoms with van der Waals surface area (Å²) in [7, 11) is 0. The number of benzene rings is 7. The summed E-state index contributed by atoms with van der Waals surface area (Å²) < 4.78 is 6.51. The highest BCUT2D eigenvalue weighted by atomic mass is 16.3. The lowest BCUT2D eigenvalue weighted by molar-refractivity contribution is 0.667. The molecule has 1 aromatic heterocycles. The van der Waals surface area contributed by atoms with Gasteiger partial charge < -0.3 is 9.32 Å². The van der Waals surface area contributed by atoms with Crippen LogP contribution in [0.25, 0.3) is 54.6 Å². The van der Waals surface area contributed by atoms with Crippen LogP contribution in [0, 0.1) is 0 Å². The van der Waals surface area contributed by atoms with Crippen LogP contribution in [0.4, 0.5) is 17.1 Å². The zero-order valence-electron chi connectivity index (χ0n) is 24.1. The minimum absolute atomic E-state index is 0.102. The second-order valence-corrected chi connectivity index (χ2v) is 12.2. The summed E-state index contributed by atoms with van der Waals surface area (Å²) in [4.78, 5) is 2.32. The molecular weight excluding hydrogens is 522 g/mol. The van der Waals surface area contributed by atoms with Crippen LogP contribution in [-0.4, -0.2) is 0 Å². The van der Waals surface area contributed by atoms with Crippen molar-refractivity contribution in [3.63, 3.8) is 0 Å². The SMILES string of the molecule is CC1(C)c2cc3cc(N(c4ccccc4)c4cccc5c4oc4ccccc45)ccc3cc2-c2ccc3ccccc3c21. The fourth-order valence-electron chi connectivity index (χ4n) is 7.38. The fraction of sp³-hybridized carbons (Fsp3) is 0.0732. The molecule has 9 rings (SSSR count). The van der Waals surface area contributed by atoms with Crippen molar-refractivity contribution in [1.29, 1.82) is 0 Å². The maximum atomic E-state index is 6.51. The maximum Gasteiger partial charge on any atom is 0.159 e. The molecule has 2 heteroatoms. The van der Waals surface area contributed by atoms with Crippen molar-refractivity contribution in [2.24, 2.45) is 0 Å². The van der Waals surface area contributed by atoms with E-state index in [1.807, 2.05) is 12.1 Å². The van der Waals surface area contributed by atoms with Gasteiger partial charge >= 0.3 is 0 Å². The van der Waals surface area contributed by atoms with Crippen LogP contribution >= 0.6 is 0 Å². The standard InChI is InChI=1S/C41H29NO/c1-41(2)36-25-28-23-30(21-19-27(28)24-35(36)33-22-20-26-11-6-7-14-31(26)39(33)41)42(29-12-4-3-5-13-29)37-17-10-16-34-32-15-8-9-18-38(32)43-40(34)37/h3-25H,1-2H3. The third kappa shape index (κ3) is 3.47. The highest BCUT2D eigenvalue weighted by Gasteiger charge is 2.37. The molecule has 7 aromatic carbocycles. The first-order valence-corrected chi connectivity index (χ1v) is 14.9. The molecule has 0 N–H and O–H groups in total. The number of furan rings is 1. The molecule has 0 radical (unpaired) electrons. The van der Waals surface area contributed by atoms with Crippen LogP contribution in [0.5, 0.6) is 0 Å². The average molecular weight is 552 g/mol. The fourth-order valence-corrected chi connectivity index (χ4v) is 7.38. The highest BCUT2D eigenvalue weighted by molar-refractivity contribution is 6.10. The molecule has 204 valence electrons. The van der Waals surface area contributed by atoms with E-state index < -0.39 is 0 Å². The average Bonchev–Trinajstić information content (AvgIpc) is 3.53. The van der Waals surface area contributed by atoms with E-state index in [4.69, 9.17) is 4.42 Å². The lowest BCUT2D eigenvalue weighted by Gasteiger charge is -2.26. The lowest BCUT2D eigenvalue weighted by Crippen LogP contribution is -2.15. The van der Waals surface area contributed by atoms with Gasteiger partial charge in [-0.3, -0.25) is 0 Å². The zero-order valence-corrected chi connectivity index (χ0v) is 24.1. The van der Waals surface area contributed by atoms with E-state index in [9.17, 15) is 0 Å². The molecule has 1 heterocycles. The summed E-state index contributed by atoms with van der Waals surface area (Å²) >= 11 is 0. The largest absolute Gasteiger partial charge is 0.454 e. The topological polar surface area (TPSA) is 16.4 Å². The molecule has 0 saturated heterocycles. The van der Waals surface area contributed by atoms with Crippen molar-refractivity contribution in [2.45, 2.75) is 19.3 Å². The van der Waals surface area contributed by atoms with Gasteiger partial charge in [-0.1, -0.05) is 105 Å². The van der Waals surface area contributed by atoms with E-state index in [0.29, 0.717) is 0 Å². The Balaban J connectivity index is 1.26. The van der Waals surface area contributed by atoms with Crippen LogP contribution in [-0.2, 0) is 5.41 Å². The smallest absolute Gasteiger partial charge is 0.159 e. The zero-order chi connectivity index (χ0) is 28.7. The Morgan fingerprint density at radius 1 is 0.512 bits per heavy atom. The normalized spacial score (nSPS) is 13.5. The Morgan fingerprint density at radius 2 is 1.26 bits per heavy atom. The first-order chi connectivity index (χ1) is 21.1. The molecule has 2 nitrogen and oxygen atoms in total. The van der Waals surface area contributed by atoms with Crippen LogP contribution < -0.4 is 4.90 Å². The lowest BCUT2D eigenvalue weighted by atomic mass is 9.80. The summed E-state index contributed by atoms with van der Waals surface area (Å²) in [5, 5.41) is 7.39. The molecule has 0 aliphatic heterocycles. The van der Waals surface area contributed by atoms with E-state index in [-0.39, 0.29) is 5.41 Å². The van der Waals surface area contributed by atoms with Gasteiger partial charge in [0.15, 0.2) is 5.58 Å². The Hall–Kier alpha value is -5.34. The molecule has 8 aromatic rings. The third-order valence-electron chi connectivity index (χ3n) is 9.37. The van der Waals surface area contributed by atoms with Gasteiger partial charge in [0.25, 0.3) is 0 Å². The quantitative estimate of drug-likeness (QED) is 0.217. The van der Waals surface area contributed by atoms with Gasteiger partial charge in [0.2, 0.25) is 0 Å². The van der Waals surface area contributed by atoms with Gasteiger partial charge in [-0.15, -0.1) is 0 Å². The van der Waals surface area contributed by atoms with Gasteiger partial charge in [-0.05, 0) is 92.3 Å². The molecule has 0 bridgehead atoms. The molecule has 1 aliphatic carbocycles. The third-order valence-corrected chi connectivity index (χ3v) is 9.37. The highest BCUT2D eigenvalue weighted by Crippen LogP contribution is 2.52. The van der Waals surface area contributed by atoms with Gasteiger partial charge in [-0.2, -0.15) is 0 Å². The maximum absolute atomic E-state index is 6.51. The number of fused-ring (bicyclic) bond motifs is 9.